The van der Waals surface area contributed by atoms with E-state index >= 15 is 0 Å². The van der Waals surface area contributed by atoms with Gasteiger partial charge in [-0.2, -0.15) is 8.78 Å². The van der Waals surface area contributed by atoms with Crippen LogP contribution in [0.4, 0.5) is 8.78 Å². The number of benzene rings is 2. The number of rotatable bonds is 11. The lowest BCUT2D eigenvalue weighted by Gasteiger charge is -2.15. The van der Waals surface area contributed by atoms with E-state index in [2.05, 4.69) is 20.4 Å². The first-order chi connectivity index (χ1) is 14.5. The highest BCUT2D eigenvalue weighted by molar-refractivity contribution is 14.0. The Morgan fingerprint density at radius 3 is 2.48 bits per heavy atom. The van der Waals surface area contributed by atoms with Gasteiger partial charge in [0.1, 0.15) is 0 Å². The molecule has 0 amide bonds. The SMILES string of the molecule is CCNC(=NCc1cccc(OCC)c1OC(F)F)NCCS(=O)c1ccccc1.I. The van der Waals surface area contributed by atoms with Crippen LogP contribution in [0.15, 0.2) is 58.4 Å². The van der Waals surface area contributed by atoms with Crippen LogP contribution in [0.2, 0.25) is 0 Å². The molecule has 0 radical (unpaired) electrons. The molecule has 0 heterocycles. The van der Waals surface area contributed by atoms with Crippen LogP contribution in [0.25, 0.3) is 0 Å². The van der Waals surface area contributed by atoms with Gasteiger partial charge in [0.05, 0.1) is 24.0 Å². The molecule has 2 aromatic carbocycles. The molecule has 2 rings (SSSR count). The van der Waals surface area contributed by atoms with E-state index in [1.807, 2.05) is 37.3 Å². The maximum Gasteiger partial charge on any atom is 0.387 e. The van der Waals surface area contributed by atoms with Crippen LogP contribution in [-0.4, -0.2) is 42.2 Å². The van der Waals surface area contributed by atoms with Crippen molar-refractivity contribution in [2.75, 3.05) is 25.4 Å². The zero-order valence-electron chi connectivity index (χ0n) is 17.5. The number of halogens is 3. The molecule has 0 aromatic heterocycles. The van der Waals surface area contributed by atoms with Gasteiger partial charge in [0.25, 0.3) is 0 Å². The molecule has 0 bridgehead atoms. The summed E-state index contributed by atoms with van der Waals surface area (Å²) in [6.45, 7) is 2.22. The Kier molecular flexibility index (Phi) is 13.1. The average molecular weight is 567 g/mol. The van der Waals surface area contributed by atoms with Gasteiger partial charge in [-0.15, -0.1) is 24.0 Å². The van der Waals surface area contributed by atoms with Gasteiger partial charge in [-0.3, -0.25) is 4.21 Å². The minimum atomic E-state index is -2.96. The standard InChI is InChI=1S/C21H27F2N3O3S.HI/c1-3-24-21(25-13-14-30(27)17-10-6-5-7-11-17)26-15-16-9-8-12-18(28-4-2)19(16)29-20(22)23;/h5-12,20H,3-4,13-15H2,1-2H3,(H2,24,25,26);1H. The number of guanidine groups is 1. The number of aliphatic imine (C=N–C) groups is 1. The highest BCUT2D eigenvalue weighted by Gasteiger charge is 2.15. The van der Waals surface area contributed by atoms with Crippen molar-refractivity contribution in [1.82, 2.24) is 10.6 Å². The normalized spacial score (nSPS) is 12.1. The van der Waals surface area contributed by atoms with Crippen molar-refractivity contribution < 1.29 is 22.5 Å². The number of nitrogens with one attached hydrogen (secondary N) is 2. The Balaban J connectivity index is 0.00000480. The van der Waals surface area contributed by atoms with E-state index in [0.717, 1.165) is 4.90 Å². The number of para-hydroxylation sites is 1. The van der Waals surface area contributed by atoms with Gasteiger partial charge < -0.3 is 20.1 Å². The van der Waals surface area contributed by atoms with Gasteiger partial charge in [0, 0.05) is 29.3 Å². The third-order valence-corrected chi connectivity index (χ3v) is 5.28. The monoisotopic (exact) mass is 567 g/mol. The third kappa shape index (κ3) is 9.38. The highest BCUT2D eigenvalue weighted by Crippen LogP contribution is 2.33. The van der Waals surface area contributed by atoms with Crippen molar-refractivity contribution in [3.05, 3.63) is 54.1 Å². The summed E-state index contributed by atoms with van der Waals surface area (Å²) in [5, 5.41) is 6.20. The van der Waals surface area contributed by atoms with Crippen LogP contribution in [0.5, 0.6) is 11.5 Å². The minimum Gasteiger partial charge on any atom is -0.490 e. The smallest absolute Gasteiger partial charge is 0.387 e. The molecule has 2 N–H and O–H groups in total. The van der Waals surface area contributed by atoms with Crippen LogP contribution in [0.1, 0.15) is 19.4 Å². The molecule has 0 aliphatic heterocycles. The number of ether oxygens (including phenoxy) is 2. The summed E-state index contributed by atoms with van der Waals surface area (Å²) in [6, 6.07) is 14.2. The molecule has 1 atom stereocenters. The van der Waals surface area contributed by atoms with Gasteiger partial charge in [0.2, 0.25) is 0 Å². The molecule has 0 spiro atoms. The quantitative estimate of drug-likeness (QED) is 0.243. The first kappa shape index (κ1) is 27.1. The molecule has 2 aromatic rings. The Hall–Kier alpha value is -1.95. The summed E-state index contributed by atoms with van der Waals surface area (Å²) < 4.78 is 48.1. The van der Waals surface area contributed by atoms with Gasteiger partial charge >= 0.3 is 6.61 Å². The van der Waals surface area contributed by atoms with E-state index < -0.39 is 17.4 Å². The van der Waals surface area contributed by atoms with Crippen molar-refractivity contribution in [2.24, 2.45) is 4.99 Å². The van der Waals surface area contributed by atoms with E-state index in [1.54, 1.807) is 25.1 Å². The molecule has 10 heteroatoms. The van der Waals surface area contributed by atoms with Gasteiger partial charge in [0.15, 0.2) is 17.5 Å². The van der Waals surface area contributed by atoms with Crippen molar-refractivity contribution >= 4 is 40.7 Å². The second kappa shape index (κ2) is 15.0. The van der Waals surface area contributed by atoms with Crippen LogP contribution >= 0.6 is 24.0 Å². The van der Waals surface area contributed by atoms with E-state index in [1.165, 1.54) is 0 Å². The first-order valence-corrected chi connectivity index (χ1v) is 11.0. The maximum absolute atomic E-state index is 12.9. The molecule has 172 valence electrons. The van der Waals surface area contributed by atoms with E-state index in [-0.39, 0.29) is 42.0 Å². The lowest BCUT2D eigenvalue weighted by molar-refractivity contribution is -0.0520. The first-order valence-electron chi connectivity index (χ1n) is 9.70. The summed E-state index contributed by atoms with van der Waals surface area (Å²) in [7, 11) is -1.12. The fourth-order valence-electron chi connectivity index (χ4n) is 2.64. The van der Waals surface area contributed by atoms with Crippen LogP contribution < -0.4 is 20.1 Å². The largest absolute Gasteiger partial charge is 0.490 e. The topological polar surface area (TPSA) is 72.0 Å². The second-order valence-corrected chi connectivity index (χ2v) is 7.61. The average Bonchev–Trinajstić information content (AvgIpc) is 2.74. The van der Waals surface area contributed by atoms with Crippen molar-refractivity contribution in [1.29, 1.82) is 0 Å². The highest BCUT2D eigenvalue weighted by atomic mass is 127. The Labute approximate surface area is 201 Å². The number of hydrogen-bond donors (Lipinski definition) is 2. The lowest BCUT2D eigenvalue weighted by atomic mass is 10.2. The molecule has 0 fully saturated rings. The van der Waals surface area contributed by atoms with Gasteiger partial charge in [-0.25, -0.2) is 4.99 Å². The number of alkyl halides is 2. The molecule has 0 saturated heterocycles. The molecule has 0 aliphatic rings. The van der Waals surface area contributed by atoms with Gasteiger partial charge in [-0.05, 0) is 32.0 Å². The number of nitrogens with zero attached hydrogens (tertiary/aromatic N) is 1. The zero-order valence-corrected chi connectivity index (χ0v) is 20.6. The summed E-state index contributed by atoms with van der Waals surface area (Å²) in [5.41, 5.74) is 0.478. The summed E-state index contributed by atoms with van der Waals surface area (Å²) >= 11 is 0. The van der Waals surface area contributed by atoms with Crippen molar-refractivity contribution in [3.63, 3.8) is 0 Å². The molecular formula is C21H28F2IN3O3S. The summed E-state index contributed by atoms with van der Waals surface area (Å²) in [4.78, 5) is 5.20. The lowest BCUT2D eigenvalue weighted by Crippen LogP contribution is -2.39. The summed E-state index contributed by atoms with van der Waals surface area (Å²) in [5.74, 6) is 1.14. The fourth-order valence-corrected chi connectivity index (χ4v) is 3.62. The van der Waals surface area contributed by atoms with Crippen molar-refractivity contribution in [3.8, 4) is 11.5 Å². The molecule has 1 unspecified atom stereocenters. The van der Waals surface area contributed by atoms with Gasteiger partial charge in [-0.1, -0.05) is 30.3 Å². The Morgan fingerprint density at radius 1 is 1.10 bits per heavy atom. The predicted molar refractivity (Wildman–Crippen MR) is 130 cm³/mol. The van der Waals surface area contributed by atoms with Crippen LogP contribution in [0, 0.1) is 0 Å². The molecular weight excluding hydrogens is 539 g/mol. The van der Waals surface area contributed by atoms with E-state index in [0.29, 0.717) is 37.0 Å². The Morgan fingerprint density at radius 2 is 1.84 bits per heavy atom. The second-order valence-electron chi connectivity index (χ2n) is 6.04. The third-order valence-electron chi connectivity index (χ3n) is 3.90. The molecule has 31 heavy (non-hydrogen) atoms. The van der Waals surface area contributed by atoms with Crippen molar-refractivity contribution in [2.45, 2.75) is 31.9 Å². The predicted octanol–water partition coefficient (Wildman–Crippen LogP) is 4.17. The molecule has 6 nitrogen and oxygen atoms in total. The van der Waals surface area contributed by atoms with E-state index in [9.17, 15) is 13.0 Å². The summed E-state index contributed by atoms with van der Waals surface area (Å²) in [6.07, 6.45) is 0. The minimum absolute atomic E-state index is 0. The Bertz CT molecular complexity index is 842. The van der Waals surface area contributed by atoms with E-state index in [4.69, 9.17) is 4.74 Å². The van der Waals surface area contributed by atoms with Crippen LogP contribution in [-0.2, 0) is 17.3 Å². The molecule has 0 saturated carbocycles. The van der Waals surface area contributed by atoms with Crippen LogP contribution in [0.3, 0.4) is 0 Å². The fraction of sp³-hybridized carbons (Fsp3) is 0.381. The maximum atomic E-state index is 12.9. The molecule has 0 aliphatic carbocycles. The number of hydrogen-bond acceptors (Lipinski definition) is 4. The zero-order chi connectivity index (χ0) is 21.8.